The monoisotopic (exact) mass is 584 g/mol. The maximum Gasteiger partial charge on any atom is 0.417 e. The minimum absolute atomic E-state index is 0.0275. The van der Waals surface area contributed by atoms with E-state index in [9.17, 15) is 23.1 Å². The number of carboxylic acids is 1. The van der Waals surface area contributed by atoms with Crippen LogP contribution in [0.2, 0.25) is 0 Å². The first-order chi connectivity index (χ1) is 19.7. The van der Waals surface area contributed by atoms with Crippen molar-refractivity contribution in [3.8, 4) is 28.4 Å². The first-order valence-corrected chi connectivity index (χ1v) is 14.1. The molecular formula is C33H35F3O6. The van der Waals surface area contributed by atoms with Gasteiger partial charge in [0.05, 0.1) is 30.8 Å². The molecule has 1 heterocycles. The van der Waals surface area contributed by atoms with Gasteiger partial charge in [-0.15, -0.1) is 0 Å². The normalized spacial score (nSPS) is 17.9. The summed E-state index contributed by atoms with van der Waals surface area (Å²) in [5.41, 5.74) is 2.63. The Morgan fingerprint density at radius 3 is 2.33 bits per heavy atom. The summed E-state index contributed by atoms with van der Waals surface area (Å²) >= 11 is 0. The Morgan fingerprint density at radius 2 is 1.69 bits per heavy atom. The number of aryl methyl sites for hydroxylation is 2. The molecule has 2 N–H and O–H groups in total. The second-order valence-electron chi connectivity index (χ2n) is 11.8. The Kier molecular flexibility index (Phi) is 7.91. The van der Waals surface area contributed by atoms with E-state index < -0.39 is 29.4 Å². The number of alkyl halides is 3. The van der Waals surface area contributed by atoms with Crippen LogP contribution in [0.1, 0.15) is 78.5 Å². The molecule has 0 saturated carbocycles. The van der Waals surface area contributed by atoms with Crippen LogP contribution in [0.3, 0.4) is 0 Å². The number of fused-ring (bicyclic) bond motifs is 2. The number of aliphatic carboxylic acids is 1. The highest BCUT2D eigenvalue weighted by atomic mass is 19.4. The molecule has 9 heteroatoms. The largest absolute Gasteiger partial charge is 0.493 e. The standard InChI is InChI=1S/C33H35F3O6/c1-18-13-22(40-12-11-32(3,4)39)14-19(2)30(18)31-25-8-10-27(24(25)7-9-26(31)33(34,35)36)42-21-5-6-23-20(15-29(37)38)17-41-28(23)16-21/h5-7,9,13-14,16,20,27,39H,8,10-12,15,17H2,1-4H3,(H,37,38)/t20-,27?/m1/s1. The molecule has 42 heavy (non-hydrogen) atoms. The summed E-state index contributed by atoms with van der Waals surface area (Å²) in [4.78, 5) is 11.2. The van der Waals surface area contributed by atoms with Gasteiger partial charge in [-0.05, 0) is 98.2 Å². The van der Waals surface area contributed by atoms with E-state index in [0.717, 1.165) is 11.6 Å². The maximum absolute atomic E-state index is 14.4. The van der Waals surface area contributed by atoms with Crippen molar-refractivity contribution in [1.82, 2.24) is 0 Å². The zero-order chi connectivity index (χ0) is 30.4. The third kappa shape index (κ3) is 6.21. The Labute approximate surface area is 243 Å². The van der Waals surface area contributed by atoms with E-state index in [1.807, 2.05) is 0 Å². The fourth-order valence-corrected chi connectivity index (χ4v) is 6.00. The average Bonchev–Trinajstić information content (AvgIpc) is 3.46. The lowest BCUT2D eigenvalue weighted by Gasteiger charge is -2.23. The Bertz CT molecular complexity index is 1480. The van der Waals surface area contributed by atoms with Crippen LogP contribution in [0.25, 0.3) is 11.1 Å². The third-order valence-electron chi connectivity index (χ3n) is 7.96. The fourth-order valence-electron chi connectivity index (χ4n) is 6.00. The SMILES string of the molecule is Cc1cc(OCCC(C)(C)O)cc(C)c1-c1c(C(F)(F)F)ccc2c1CCC2Oc1ccc2c(c1)OC[C@H]2CC(=O)O. The van der Waals surface area contributed by atoms with Crippen LogP contribution in [-0.2, 0) is 17.4 Å². The first-order valence-electron chi connectivity index (χ1n) is 14.1. The van der Waals surface area contributed by atoms with E-state index in [1.54, 1.807) is 58.0 Å². The van der Waals surface area contributed by atoms with Gasteiger partial charge in [-0.1, -0.05) is 12.1 Å². The van der Waals surface area contributed by atoms with Crippen LogP contribution in [0.4, 0.5) is 13.2 Å². The first kappa shape index (κ1) is 29.8. The zero-order valence-electron chi connectivity index (χ0n) is 24.1. The topological polar surface area (TPSA) is 85.2 Å². The molecular weight excluding hydrogens is 549 g/mol. The number of hydrogen-bond donors (Lipinski definition) is 2. The molecule has 1 unspecified atom stereocenters. The van der Waals surface area contributed by atoms with E-state index in [2.05, 4.69) is 0 Å². The Hall–Kier alpha value is -3.72. The smallest absolute Gasteiger partial charge is 0.417 e. The molecule has 1 aliphatic heterocycles. The van der Waals surface area contributed by atoms with Crippen molar-refractivity contribution in [2.75, 3.05) is 13.2 Å². The maximum atomic E-state index is 14.4. The number of hydrogen-bond acceptors (Lipinski definition) is 5. The summed E-state index contributed by atoms with van der Waals surface area (Å²) in [5, 5.41) is 19.1. The minimum atomic E-state index is -4.55. The van der Waals surface area contributed by atoms with Gasteiger partial charge in [0.15, 0.2) is 0 Å². The van der Waals surface area contributed by atoms with E-state index in [4.69, 9.17) is 19.3 Å². The second-order valence-corrected chi connectivity index (χ2v) is 11.8. The molecule has 2 atom stereocenters. The summed E-state index contributed by atoms with van der Waals surface area (Å²) < 4.78 is 60.9. The van der Waals surface area contributed by atoms with E-state index in [-0.39, 0.29) is 31.1 Å². The van der Waals surface area contributed by atoms with Gasteiger partial charge in [0.2, 0.25) is 0 Å². The number of ether oxygens (including phenoxy) is 3. The van der Waals surface area contributed by atoms with Crippen molar-refractivity contribution in [3.63, 3.8) is 0 Å². The Balaban J connectivity index is 1.46. The van der Waals surface area contributed by atoms with Gasteiger partial charge in [-0.25, -0.2) is 0 Å². The lowest BCUT2D eigenvalue weighted by Crippen LogP contribution is -2.21. The van der Waals surface area contributed by atoms with Gasteiger partial charge in [0, 0.05) is 24.0 Å². The molecule has 3 aromatic rings. The van der Waals surface area contributed by atoms with Crippen molar-refractivity contribution in [3.05, 3.63) is 75.8 Å². The van der Waals surface area contributed by atoms with Crippen molar-refractivity contribution < 1.29 is 42.4 Å². The predicted molar refractivity (Wildman–Crippen MR) is 151 cm³/mol. The number of carbonyl (C=O) groups is 1. The molecule has 5 rings (SSSR count). The van der Waals surface area contributed by atoms with Gasteiger partial charge < -0.3 is 24.4 Å². The third-order valence-corrected chi connectivity index (χ3v) is 7.96. The number of aliphatic hydroxyl groups is 1. The Morgan fingerprint density at radius 1 is 1.00 bits per heavy atom. The van der Waals surface area contributed by atoms with Gasteiger partial charge in [-0.3, -0.25) is 4.79 Å². The summed E-state index contributed by atoms with van der Waals surface area (Å²) in [5.74, 6) is 0.508. The molecule has 6 nitrogen and oxygen atoms in total. The molecule has 224 valence electrons. The molecule has 2 aliphatic rings. The van der Waals surface area contributed by atoms with Gasteiger partial charge in [0.25, 0.3) is 0 Å². The van der Waals surface area contributed by atoms with Crippen LogP contribution in [0.5, 0.6) is 17.2 Å². The zero-order valence-corrected chi connectivity index (χ0v) is 24.1. The molecule has 1 aliphatic carbocycles. The molecule has 0 saturated heterocycles. The summed E-state index contributed by atoms with van der Waals surface area (Å²) in [6.45, 7) is 7.52. The average molecular weight is 585 g/mol. The predicted octanol–water partition coefficient (Wildman–Crippen LogP) is 7.55. The molecule has 0 fully saturated rings. The summed E-state index contributed by atoms with van der Waals surface area (Å²) in [6.07, 6.45) is -3.67. The van der Waals surface area contributed by atoms with Crippen LogP contribution < -0.4 is 14.2 Å². The van der Waals surface area contributed by atoms with E-state index in [0.29, 0.717) is 64.3 Å². The molecule has 0 aromatic heterocycles. The summed E-state index contributed by atoms with van der Waals surface area (Å²) in [6, 6.07) is 11.4. The van der Waals surface area contributed by atoms with Gasteiger partial charge in [-0.2, -0.15) is 13.2 Å². The van der Waals surface area contributed by atoms with Crippen LogP contribution in [0, 0.1) is 13.8 Å². The quantitative estimate of drug-likeness (QED) is 0.270. The van der Waals surface area contributed by atoms with Crippen molar-refractivity contribution in [2.24, 2.45) is 0 Å². The van der Waals surface area contributed by atoms with Crippen molar-refractivity contribution in [1.29, 1.82) is 0 Å². The highest BCUT2D eigenvalue weighted by molar-refractivity contribution is 5.80. The molecule has 0 spiro atoms. The van der Waals surface area contributed by atoms with E-state index in [1.165, 1.54) is 6.07 Å². The number of halogens is 3. The lowest BCUT2D eigenvalue weighted by atomic mass is 9.86. The van der Waals surface area contributed by atoms with Gasteiger partial charge >= 0.3 is 12.1 Å². The van der Waals surface area contributed by atoms with Crippen LogP contribution in [0.15, 0.2) is 42.5 Å². The fraction of sp³-hybridized carbons (Fsp3) is 0.424. The molecule has 0 radical (unpaired) electrons. The molecule has 0 bridgehead atoms. The summed E-state index contributed by atoms with van der Waals surface area (Å²) in [7, 11) is 0. The second kappa shape index (κ2) is 11.2. The van der Waals surface area contributed by atoms with Crippen LogP contribution in [-0.4, -0.2) is 35.0 Å². The minimum Gasteiger partial charge on any atom is -0.493 e. The number of benzene rings is 3. The molecule has 0 amide bonds. The highest BCUT2D eigenvalue weighted by Crippen LogP contribution is 2.48. The number of rotatable bonds is 9. The lowest BCUT2D eigenvalue weighted by molar-refractivity contribution is -0.138. The number of carboxylic acid groups (broad SMARTS) is 1. The highest BCUT2D eigenvalue weighted by Gasteiger charge is 2.39. The van der Waals surface area contributed by atoms with Gasteiger partial charge in [0.1, 0.15) is 23.4 Å². The van der Waals surface area contributed by atoms with E-state index >= 15 is 0 Å². The molecule has 3 aromatic carbocycles. The van der Waals surface area contributed by atoms with Crippen LogP contribution >= 0.6 is 0 Å². The van der Waals surface area contributed by atoms with Crippen molar-refractivity contribution >= 4 is 5.97 Å². The van der Waals surface area contributed by atoms with Crippen molar-refractivity contribution in [2.45, 2.75) is 77.2 Å².